The van der Waals surface area contributed by atoms with Crippen LogP contribution in [0, 0.1) is 0 Å². The van der Waals surface area contributed by atoms with Crippen LogP contribution in [0.1, 0.15) is 36.2 Å². The molecule has 0 spiro atoms. The molecule has 0 saturated heterocycles. The van der Waals surface area contributed by atoms with Crippen LogP contribution in [0.15, 0.2) is 41.3 Å². The maximum Gasteiger partial charge on any atom is 0.258 e. The summed E-state index contributed by atoms with van der Waals surface area (Å²) in [5, 5.41) is 0. The maximum absolute atomic E-state index is 13.2. The summed E-state index contributed by atoms with van der Waals surface area (Å²) in [5.41, 5.74) is 2.08. The molecule has 2 aromatic carbocycles. The van der Waals surface area contributed by atoms with Crippen LogP contribution < -0.4 is 14.4 Å². The number of hydrogen-bond acceptors (Lipinski definition) is 5. The van der Waals surface area contributed by atoms with Gasteiger partial charge < -0.3 is 14.4 Å². The summed E-state index contributed by atoms with van der Waals surface area (Å²) in [4.78, 5) is 15.1. The number of ether oxygens (including phenoxy) is 2. The molecule has 1 aliphatic heterocycles. The Hall–Kier alpha value is -2.58. The molecule has 0 bridgehead atoms. The SMILES string of the molecule is CCCOc1ccc(C(=O)N2CCc3cc(S(=O)(=O)N(C)C)ccc32)cc1OCC. The fraction of sp³-hybridized carbons (Fsp3) is 0.409. The first-order valence-electron chi connectivity index (χ1n) is 10.1. The third-order valence-electron chi connectivity index (χ3n) is 4.92. The van der Waals surface area contributed by atoms with Gasteiger partial charge in [0.15, 0.2) is 11.5 Å². The van der Waals surface area contributed by atoms with Crippen molar-refractivity contribution in [3.05, 3.63) is 47.5 Å². The number of amides is 1. The number of benzene rings is 2. The van der Waals surface area contributed by atoms with Gasteiger partial charge in [-0.2, -0.15) is 0 Å². The van der Waals surface area contributed by atoms with E-state index in [4.69, 9.17) is 9.47 Å². The minimum Gasteiger partial charge on any atom is -0.490 e. The van der Waals surface area contributed by atoms with E-state index in [1.165, 1.54) is 18.4 Å². The molecule has 0 fully saturated rings. The number of hydrogen-bond donors (Lipinski definition) is 0. The van der Waals surface area contributed by atoms with Crippen molar-refractivity contribution in [3.8, 4) is 11.5 Å². The fourth-order valence-corrected chi connectivity index (χ4v) is 4.31. The molecule has 0 unspecified atom stereocenters. The first kappa shape index (κ1) is 22.1. The lowest BCUT2D eigenvalue weighted by atomic mass is 10.1. The molecule has 0 saturated carbocycles. The molecule has 0 aliphatic carbocycles. The van der Waals surface area contributed by atoms with Gasteiger partial charge in [-0.05, 0) is 61.7 Å². The highest BCUT2D eigenvalue weighted by molar-refractivity contribution is 7.89. The van der Waals surface area contributed by atoms with E-state index in [9.17, 15) is 13.2 Å². The third kappa shape index (κ3) is 4.29. The van der Waals surface area contributed by atoms with E-state index in [1.54, 1.807) is 41.3 Å². The molecule has 1 heterocycles. The van der Waals surface area contributed by atoms with Crippen molar-refractivity contribution in [2.45, 2.75) is 31.6 Å². The van der Waals surface area contributed by atoms with Gasteiger partial charge in [0.2, 0.25) is 10.0 Å². The van der Waals surface area contributed by atoms with E-state index in [-0.39, 0.29) is 10.8 Å². The fourth-order valence-electron chi connectivity index (χ4n) is 3.36. The van der Waals surface area contributed by atoms with Crippen LogP contribution in [0.4, 0.5) is 5.69 Å². The van der Waals surface area contributed by atoms with Crippen molar-refractivity contribution in [3.63, 3.8) is 0 Å². The molecule has 3 rings (SSSR count). The number of fused-ring (bicyclic) bond motifs is 1. The molecule has 1 aliphatic rings. The Morgan fingerprint density at radius 1 is 1.07 bits per heavy atom. The average molecular weight is 433 g/mol. The zero-order valence-corrected chi connectivity index (χ0v) is 18.7. The molecule has 0 aromatic heterocycles. The van der Waals surface area contributed by atoms with Gasteiger partial charge in [0.1, 0.15) is 0 Å². The van der Waals surface area contributed by atoms with Gasteiger partial charge in [-0.25, -0.2) is 12.7 Å². The highest BCUT2D eigenvalue weighted by Crippen LogP contribution is 2.34. The van der Waals surface area contributed by atoms with Crippen molar-refractivity contribution < 1.29 is 22.7 Å². The van der Waals surface area contributed by atoms with Crippen LogP contribution in [-0.4, -0.2) is 52.5 Å². The van der Waals surface area contributed by atoms with Gasteiger partial charge in [0.25, 0.3) is 5.91 Å². The number of anilines is 1. The molecule has 2 aromatic rings. The number of rotatable bonds is 8. The maximum atomic E-state index is 13.2. The second-order valence-electron chi connectivity index (χ2n) is 7.23. The van der Waals surface area contributed by atoms with E-state index < -0.39 is 10.0 Å². The van der Waals surface area contributed by atoms with Gasteiger partial charge in [0, 0.05) is 31.9 Å². The molecule has 0 atom stereocenters. The predicted octanol–water partition coefficient (Wildman–Crippen LogP) is 3.33. The van der Waals surface area contributed by atoms with E-state index in [2.05, 4.69) is 0 Å². The van der Waals surface area contributed by atoms with Crippen LogP contribution >= 0.6 is 0 Å². The quantitative estimate of drug-likeness (QED) is 0.640. The van der Waals surface area contributed by atoms with Crippen LogP contribution in [0.25, 0.3) is 0 Å². The van der Waals surface area contributed by atoms with E-state index in [1.807, 2.05) is 13.8 Å². The summed E-state index contributed by atoms with van der Waals surface area (Å²) < 4.78 is 37.3. The average Bonchev–Trinajstić information content (AvgIpc) is 3.15. The van der Waals surface area contributed by atoms with Gasteiger partial charge in [-0.15, -0.1) is 0 Å². The summed E-state index contributed by atoms with van der Waals surface area (Å²) in [5.74, 6) is 1.01. The monoisotopic (exact) mass is 432 g/mol. The normalized spacial score (nSPS) is 13.4. The van der Waals surface area contributed by atoms with E-state index in [0.29, 0.717) is 43.2 Å². The second kappa shape index (κ2) is 9.06. The molecule has 8 heteroatoms. The minimum absolute atomic E-state index is 0.153. The zero-order valence-electron chi connectivity index (χ0n) is 17.8. The molecular formula is C22H28N2O5S. The predicted molar refractivity (Wildman–Crippen MR) is 116 cm³/mol. The van der Waals surface area contributed by atoms with Gasteiger partial charge in [-0.3, -0.25) is 4.79 Å². The minimum atomic E-state index is -3.51. The molecule has 30 heavy (non-hydrogen) atoms. The van der Waals surface area contributed by atoms with Crippen LogP contribution in [0.5, 0.6) is 11.5 Å². The molecule has 162 valence electrons. The summed E-state index contributed by atoms with van der Waals surface area (Å²) in [6.07, 6.45) is 1.48. The largest absolute Gasteiger partial charge is 0.490 e. The molecule has 7 nitrogen and oxygen atoms in total. The Bertz CT molecular complexity index is 1030. The highest BCUT2D eigenvalue weighted by atomic mass is 32.2. The number of sulfonamides is 1. The number of carbonyl (C=O) groups excluding carboxylic acids is 1. The Kier molecular flexibility index (Phi) is 6.67. The lowest BCUT2D eigenvalue weighted by molar-refractivity contribution is 0.0989. The van der Waals surface area contributed by atoms with Gasteiger partial charge in [0.05, 0.1) is 18.1 Å². The second-order valence-corrected chi connectivity index (χ2v) is 9.38. The number of nitrogens with zero attached hydrogens (tertiary/aromatic N) is 2. The molecule has 0 N–H and O–H groups in total. The summed E-state index contributed by atoms with van der Waals surface area (Å²) >= 11 is 0. The van der Waals surface area contributed by atoms with Crippen molar-refractivity contribution >= 4 is 21.6 Å². The standard InChI is InChI=1S/C22H28N2O5S/c1-5-13-29-20-10-7-17(15-21(20)28-6-2)22(25)24-12-11-16-14-18(8-9-19(16)24)30(26,27)23(3)4/h7-10,14-15H,5-6,11-13H2,1-4H3. The smallest absolute Gasteiger partial charge is 0.258 e. The Balaban J connectivity index is 1.88. The topological polar surface area (TPSA) is 76.2 Å². The van der Waals surface area contributed by atoms with Crippen LogP contribution in [-0.2, 0) is 16.4 Å². The van der Waals surface area contributed by atoms with Crippen LogP contribution in [0.2, 0.25) is 0 Å². The van der Waals surface area contributed by atoms with Crippen molar-refractivity contribution in [2.24, 2.45) is 0 Å². The molecule has 1 amide bonds. The van der Waals surface area contributed by atoms with Crippen molar-refractivity contribution in [1.82, 2.24) is 4.31 Å². The van der Waals surface area contributed by atoms with Crippen LogP contribution in [0.3, 0.4) is 0 Å². The summed E-state index contributed by atoms with van der Waals surface area (Å²) in [7, 11) is -0.509. The first-order chi connectivity index (χ1) is 14.3. The Labute approximate surface area is 178 Å². The summed E-state index contributed by atoms with van der Waals surface area (Å²) in [6, 6.07) is 10.1. The number of carbonyl (C=O) groups is 1. The molecular weight excluding hydrogens is 404 g/mol. The van der Waals surface area contributed by atoms with Crippen molar-refractivity contribution in [2.75, 3.05) is 38.8 Å². The van der Waals surface area contributed by atoms with E-state index in [0.717, 1.165) is 17.7 Å². The lowest BCUT2D eigenvalue weighted by Crippen LogP contribution is -2.29. The highest BCUT2D eigenvalue weighted by Gasteiger charge is 2.28. The third-order valence-corrected chi connectivity index (χ3v) is 6.73. The van der Waals surface area contributed by atoms with Crippen molar-refractivity contribution in [1.29, 1.82) is 0 Å². The first-order valence-corrected chi connectivity index (χ1v) is 11.5. The van der Waals surface area contributed by atoms with Gasteiger partial charge in [-0.1, -0.05) is 6.92 Å². The van der Waals surface area contributed by atoms with Gasteiger partial charge >= 0.3 is 0 Å². The Morgan fingerprint density at radius 2 is 1.83 bits per heavy atom. The Morgan fingerprint density at radius 3 is 2.50 bits per heavy atom. The lowest BCUT2D eigenvalue weighted by Gasteiger charge is -2.19. The zero-order chi connectivity index (χ0) is 21.9. The molecule has 0 radical (unpaired) electrons. The van der Waals surface area contributed by atoms with E-state index >= 15 is 0 Å². The summed E-state index contributed by atoms with van der Waals surface area (Å²) in [6.45, 7) is 5.45.